The Morgan fingerprint density at radius 2 is 0.520 bits per heavy atom. The van der Waals surface area contributed by atoms with E-state index in [1.807, 2.05) is 0 Å². The summed E-state index contributed by atoms with van der Waals surface area (Å²) in [6.07, 6.45) is 59.9. The van der Waals surface area contributed by atoms with Crippen molar-refractivity contribution in [2.75, 3.05) is 39.6 Å². The van der Waals surface area contributed by atoms with Gasteiger partial charge in [0, 0.05) is 25.7 Å². The lowest BCUT2D eigenvalue weighted by molar-refractivity contribution is -0.161. The van der Waals surface area contributed by atoms with Gasteiger partial charge in [0.25, 0.3) is 0 Å². The second-order valence-electron chi connectivity index (χ2n) is 29.2. The van der Waals surface area contributed by atoms with Crippen LogP contribution in [-0.2, 0) is 65.4 Å². The van der Waals surface area contributed by atoms with Gasteiger partial charge in [-0.2, -0.15) is 0 Å². The fourth-order valence-electron chi connectivity index (χ4n) is 12.2. The van der Waals surface area contributed by atoms with E-state index in [0.29, 0.717) is 25.7 Å². The maximum Gasteiger partial charge on any atom is 0.472 e. The third kappa shape index (κ3) is 71.1. The molecule has 17 nitrogen and oxygen atoms in total. The fraction of sp³-hybridized carbons (Fsp3) is 0.949. The topological polar surface area (TPSA) is 237 Å². The highest BCUT2D eigenvalue weighted by Crippen LogP contribution is 2.45. The summed E-state index contributed by atoms with van der Waals surface area (Å²) >= 11 is 0. The van der Waals surface area contributed by atoms with Crippen molar-refractivity contribution >= 4 is 39.5 Å². The Morgan fingerprint density at radius 1 is 0.296 bits per heavy atom. The minimum atomic E-state index is -4.96. The van der Waals surface area contributed by atoms with Crippen molar-refractivity contribution in [3.8, 4) is 0 Å². The summed E-state index contributed by atoms with van der Waals surface area (Å²) in [7, 11) is -9.91. The normalized spacial score (nSPS) is 14.2. The van der Waals surface area contributed by atoms with E-state index < -0.39 is 97.5 Å². The first kappa shape index (κ1) is 96.1. The molecule has 0 heterocycles. The lowest BCUT2D eigenvalue weighted by Crippen LogP contribution is -2.30. The molecule has 0 aliphatic carbocycles. The summed E-state index contributed by atoms with van der Waals surface area (Å²) in [5, 5.41) is 10.6. The van der Waals surface area contributed by atoms with Gasteiger partial charge in [-0.3, -0.25) is 37.3 Å². The van der Waals surface area contributed by atoms with Crippen LogP contribution in [0.3, 0.4) is 0 Å². The SMILES string of the molecule is CCCCCCCCCCCCCCCCCCCCCCCC(=O)O[C@H](COC(=O)CCCCCCCCCCCCCCCCCC)COP(=O)(O)OC[C@@H](O)COP(=O)(O)OC[C@@H](COC(=O)CCCCCCCCC(C)CC)OC(=O)CCCCCCCCCCC(C)C. The highest BCUT2D eigenvalue weighted by atomic mass is 31.2. The van der Waals surface area contributed by atoms with Crippen LogP contribution >= 0.6 is 15.6 Å². The molecule has 0 bridgehead atoms. The minimum absolute atomic E-state index is 0.104. The van der Waals surface area contributed by atoms with Crippen molar-refractivity contribution in [1.82, 2.24) is 0 Å². The van der Waals surface area contributed by atoms with Crippen molar-refractivity contribution in [3.63, 3.8) is 0 Å². The molecule has 0 aromatic carbocycles. The number of hydrogen-bond donors (Lipinski definition) is 3. The third-order valence-corrected chi connectivity index (χ3v) is 20.7. The second-order valence-corrected chi connectivity index (χ2v) is 32.1. The molecule has 0 rings (SSSR count). The van der Waals surface area contributed by atoms with Gasteiger partial charge in [0.2, 0.25) is 0 Å². The number of ether oxygens (including phenoxy) is 4. The summed E-state index contributed by atoms with van der Waals surface area (Å²) in [6.45, 7) is 9.53. The number of phosphoric ester groups is 2. The lowest BCUT2D eigenvalue weighted by atomic mass is 10.00. The summed E-state index contributed by atoms with van der Waals surface area (Å²) in [5.41, 5.74) is 0. The molecule has 0 aromatic heterocycles. The van der Waals surface area contributed by atoms with Gasteiger partial charge in [-0.05, 0) is 37.5 Å². The van der Waals surface area contributed by atoms with E-state index in [4.69, 9.17) is 37.0 Å². The number of aliphatic hydroxyl groups excluding tert-OH is 1. The average Bonchev–Trinajstić information content (AvgIpc) is 2.73. The Hall–Kier alpha value is -1.94. The predicted octanol–water partition coefficient (Wildman–Crippen LogP) is 23.5. The molecule has 0 saturated heterocycles. The van der Waals surface area contributed by atoms with Crippen LogP contribution in [0.1, 0.15) is 414 Å². The summed E-state index contributed by atoms with van der Waals surface area (Å²) in [6, 6.07) is 0. The van der Waals surface area contributed by atoms with Gasteiger partial charge in [-0.25, -0.2) is 9.13 Å². The molecule has 0 aliphatic heterocycles. The van der Waals surface area contributed by atoms with Crippen LogP contribution in [0.25, 0.3) is 0 Å². The molecule has 0 radical (unpaired) electrons. The number of carbonyl (C=O) groups is 4. The van der Waals surface area contributed by atoms with Crippen LogP contribution in [0.2, 0.25) is 0 Å². The molecule has 0 saturated carbocycles. The van der Waals surface area contributed by atoms with Gasteiger partial charge in [-0.15, -0.1) is 0 Å². The van der Waals surface area contributed by atoms with Crippen molar-refractivity contribution in [3.05, 3.63) is 0 Å². The Balaban J connectivity index is 5.21. The van der Waals surface area contributed by atoms with Gasteiger partial charge in [0.15, 0.2) is 12.2 Å². The van der Waals surface area contributed by atoms with E-state index >= 15 is 0 Å². The van der Waals surface area contributed by atoms with E-state index in [-0.39, 0.29) is 25.7 Å². The molecule has 0 fully saturated rings. The number of unbranched alkanes of at least 4 members (excludes halogenated alkanes) is 47. The molecule has 19 heteroatoms. The molecule has 6 atom stereocenters. The van der Waals surface area contributed by atoms with Gasteiger partial charge >= 0.3 is 39.5 Å². The van der Waals surface area contributed by atoms with Crippen LogP contribution < -0.4 is 0 Å². The van der Waals surface area contributed by atoms with Crippen molar-refractivity contribution in [2.24, 2.45) is 11.8 Å². The maximum atomic E-state index is 13.1. The monoisotopic (exact) mass is 1440 g/mol. The molecule has 98 heavy (non-hydrogen) atoms. The number of esters is 4. The molecular formula is C79H154O17P2. The van der Waals surface area contributed by atoms with Crippen LogP contribution in [0.4, 0.5) is 0 Å². The predicted molar refractivity (Wildman–Crippen MR) is 400 cm³/mol. The van der Waals surface area contributed by atoms with Gasteiger partial charge < -0.3 is 33.8 Å². The van der Waals surface area contributed by atoms with E-state index in [1.54, 1.807) is 0 Å². The van der Waals surface area contributed by atoms with Crippen molar-refractivity contribution in [2.45, 2.75) is 432 Å². The smallest absolute Gasteiger partial charge is 0.462 e. The summed E-state index contributed by atoms with van der Waals surface area (Å²) in [4.78, 5) is 72.9. The fourth-order valence-corrected chi connectivity index (χ4v) is 13.7. The zero-order chi connectivity index (χ0) is 72.1. The van der Waals surface area contributed by atoms with Crippen LogP contribution in [-0.4, -0.2) is 96.7 Å². The molecule has 582 valence electrons. The second kappa shape index (κ2) is 70.7. The van der Waals surface area contributed by atoms with Gasteiger partial charge in [0.1, 0.15) is 19.3 Å². The lowest BCUT2D eigenvalue weighted by Gasteiger charge is -2.21. The van der Waals surface area contributed by atoms with E-state index in [0.717, 1.165) is 108 Å². The third-order valence-electron chi connectivity index (χ3n) is 18.8. The molecular weight excluding hydrogens is 1280 g/mol. The Kier molecular flexibility index (Phi) is 69.3. The summed E-state index contributed by atoms with van der Waals surface area (Å²) in [5.74, 6) is -0.666. The van der Waals surface area contributed by atoms with Gasteiger partial charge in [0.05, 0.1) is 26.4 Å². The molecule has 3 N–H and O–H groups in total. The molecule has 3 unspecified atom stereocenters. The van der Waals surface area contributed by atoms with Gasteiger partial charge in [-0.1, -0.05) is 363 Å². The average molecular weight is 1440 g/mol. The number of hydrogen-bond acceptors (Lipinski definition) is 15. The Morgan fingerprint density at radius 3 is 0.776 bits per heavy atom. The molecule has 0 aromatic rings. The van der Waals surface area contributed by atoms with Crippen molar-refractivity contribution in [1.29, 1.82) is 0 Å². The highest BCUT2D eigenvalue weighted by molar-refractivity contribution is 7.47. The first-order chi connectivity index (χ1) is 47.4. The zero-order valence-corrected chi connectivity index (χ0v) is 65.9. The Bertz CT molecular complexity index is 1890. The largest absolute Gasteiger partial charge is 0.472 e. The van der Waals surface area contributed by atoms with Crippen LogP contribution in [0, 0.1) is 11.8 Å². The maximum absolute atomic E-state index is 13.1. The summed E-state index contributed by atoms with van der Waals surface area (Å²) < 4.78 is 68.6. The van der Waals surface area contributed by atoms with Crippen molar-refractivity contribution < 1.29 is 80.2 Å². The van der Waals surface area contributed by atoms with E-state index in [2.05, 4.69) is 41.5 Å². The van der Waals surface area contributed by atoms with E-state index in [9.17, 15) is 43.2 Å². The van der Waals surface area contributed by atoms with Crippen LogP contribution in [0.5, 0.6) is 0 Å². The standard InChI is InChI=1S/C79H154O17P2/c1-7-10-12-14-16-18-20-22-24-26-27-28-29-30-32-34-36-38-43-51-57-63-78(83)95-74(67-89-76(81)61-55-49-42-37-35-33-31-25-23-21-19-17-15-13-11-8-2)69-93-97(85,86)91-65-73(80)66-92-98(87,88)94-70-75(68-90-77(82)62-56-50-46-45-48-54-60-72(6)9-3)96-79(84)64-58-52-44-40-39-41-47-53-59-71(4)5/h71-75,80H,7-70H2,1-6H3,(H,85,86)(H,87,88)/t72?,73-,74-,75-/m1/s1. The zero-order valence-electron chi connectivity index (χ0n) is 64.1. The number of phosphoric acid groups is 2. The van der Waals surface area contributed by atoms with E-state index in [1.165, 1.54) is 225 Å². The quantitative estimate of drug-likeness (QED) is 0.0222. The van der Waals surface area contributed by atoms with Crippen LogP contribution in [0.15, 0.2) is 0 Å². The number of carbonyl (C=O) groups excluding carboxylic acids is 4. The Labute approximate surface area is 600 Å². The molecule has 0 amide bonds. The first-order valence-electron chi connectivity index (χ1n) is 41.0. The minimum Gasteiger partial charge on any atom is -0.462 e. The molecule has 0 spiro atoms. The highest BCUT2D eigenvalue weighted by Gasteiger charge is 2.30. The number of aliphatic hydroxyl groups is 1. The molecule has 0 aliphatic rings. The first-order valence-corrected chi connectivity index (χ1v) is 44.0. The number of rotatable bonds is 78.